The molecule has 6 nitrogen and oxygen atoms in total. The summed E-state index contributed by atoms with van der Waals surface area (Å²) in [6, 6.07) is 16.4. The second kappa shape index (κ2) is 9.00. The van der Waals surface area contributed by atoms with Crippen LogP contribution in [0.2, 0.25) is 5.02 Å². The van der Waals surface area contributed by atoms with Gasteiger partial charge in [0.15, 0.2) is 0 Å². The van der Waals surface area contributed by atoms with E-state index in [4.69, 9.17) is 16.3 Å². The number of halogens is 1. The van der Waals surface area contributed by atoms with Crippen LogP contribution in [0, 0.1) is 0 Å². The number of carbonyl (C=O) groups is 1. The van der Waals surface area contributed by atoms with Gasteiger partial charge >= 0.3 is 0 Å². The van der Waals surface area contributed by atoms with Crippen LogP contribution in [0.25, 0.3) is 11.3 Å². The highest BCUT2D eigenvalue weighted by atomic mass is 35.5. The van der Waals surface area contributed by atoms with Gasteiger partial charge in [-0.05, 0) is 54.4 Å². The van der Waals surface area contributed by atoms with Crippen LogP contribution in [0.1, 0.15) is 29.4 Å². The van der Waals surface area contributed by atoms with Crippen LogP contribution < -0.4 is 10.2 Å². The molecule has 1 amide bonds. The molecule has 0 aliphatic carbocycles. The highest BCUT2D eigenvalue weighted by molar-refractivity contribution is 6.30. The largest absolute Gasteiger partial charge is 0.494 e. The Kier molecular flexibility index (Phi) is 6.22. The number of amides is 1. The number of hydrazone groups is 1. The Morgan fingerprint density at radius 2 is 1.96 bits per heavy atom. The predicted molar refractivity (Wildman–Crippen MR) is 106 cm³/mol. The maximum absolute atomic E-state index is 12.2. The minimum absolute atomic E-state index is 0.324. The Hall–Kier alpha value is -3.12. The summed E-state index contributed by atoms with van der Waals surface area (Å²) in [7, 11) is 0. The zero-order valence-corrected chi connectivity index (χ0v) is 15.5. The molecule has 0 atom stereocenters. The first-order chi connectivity index (χ1) is 13.2. The van der Waals surface area contributed by atoms with E-state index in [0.29, 0.717) is 23.0 Å². The number of ether oxygens (including phenoxy) is 1. The molecule has 2 N–H and O–H groups in total. The van der Waals surface area contributed by atoms with E-state index in [1.54, 1.807) is 36.5 Å². The van der Waals surface area contributed by atoms with Crippen molar-refractivity contribution in [3.63, 3.8) is 0 Å². The first kappa shape index (κ1) is 18.7. The number of hydrogen-bond donors (Lipinski definition) is 2. The Morgan fingerprint density at radius 1 is 1.22 bits per heavy atom. The number of nitrogens with zero attached hydrogens (tertiary/aromatic N) is 2. The third-order valence-corrected chi connectivity index (χ3v) is 3.95. The van der Waals surface area contributed by atoms with E-state index < -0.39 is 0 Å². The summed E-state index contributed by atoms with van der Waals surface area (Å²) in [5.41, 5.74) is 5.18. The van der Waals surface area contributed by atoms with Crippen molar-refractivity contribution in [2.45, 2.75) is 13.3 Å². The predicted octanol–water partition coefficient (Wildman–Crippen LogP) is 4.28. The van der Waals surface area contributed by atoms with Gasteiger partial charge in [0.25, 0.3) is 5.91 Å². The first-order valence-corrected chi connectivity index (χ1v) is 8.91. The summed E-state index contributed by atoms with van der Waals surface area (Å²) >= 11 is 5.83. The normalized spacial score (nSPS) is 10.9. The van der Waals surface area contributed by atoms with E-state index in [9.17, 15) is 4.79 Å². The topological polar surface area (TPSA) is 79.4 Å². The number of nitrogens with one attached hydrogen (secondary N) is 2. The van der Waals surface area contributed by atoms with Crippen LogP contribution in [0.15, 0.2) is 59.7 Å². The summed E-state index contributed by atoms with van der Waals surface area (Å²) in [5, 5.41) is 11.5. The number of H-pyrrole nitrogens is 1. The Bertz CT molecular complexity index is 918. The maximum Gasteiger partial charge on any atom is 0.289 e. The molecule has 27 heavy (non-hydrogen) atoms. The van der Waals surface area contributed by atoms with Crippen molar-refractivity contribution in [3.8, 4) is 17.0 Å². The lowest BCUT2D eigenvalue weighted by Gasteiger charge is -2.04. The standard InChI is InChI=1S/C20H19ClN4O2/c1-2-11-27-17-9-5-15(6-10-17)18-12-19(24-23-18)20(26)25-22-13-14-3-7-16(21)8-4-14/h3-10,12-13H,2,11H2,1H3,(H,23,24)(H,25,26)/b22-13-. The van der Waals surface area contributed by atoms with Crippen molar-refractivity contribution < 1.29 is 9.53 Å². The number of carbonyl (C=O) groups excluding carboxylic acids is 1. The van der Waals surface area contributed by atoms with Crippen molar-refractivity contribution in [2.75, 3.05) is 6.61 Å². The monoisotopic (exact) mass is 382 g/mol. The van der Waals surface area contributed by atoms with Gasteiger partial charge in [-0.2, -0.15) is 10.2 Å². The van der Waals surface area contributed by atoms with Gasteiger partial charge in [-0.3, -0.25) is 9.89 Å². The summed E-state index contributed by atoms with van der Waals surface area (Å²) in [6.45, 7) is 2.74. The maximum atomic E-state index is 12.2. The van der Waals surface area contributed by atoms with Gasteiger partial charge in [0.05, 0.1) is 18.5 Å². The lowest BCUT2D eigenvalue weighted by Crippen LogP contribution is -2.17. The number of benzene rings is 2. The average Bonchev–Trinajstić information content (AvgIpc) is 3.18. The molecular formula is C20H19ClN4O2. The number of rotatable bonds is 7. The van der Waals surface area contributed by atoms with Gasteiger partial charge in [0.2, 0.25) is 0 Å². The molecule has 3 rings (SSSR count). The van der Waals surface area contributed by atoms with Gasteiger partial charge in [-0.15, -0.1) is 0 Å². The van der Waals surface area contributed by atoms with Crippen LogP contribution in [0.3, 0.4) is 0 Å². The van der Waals surface area contributed by atoms with Crippen molar-refractivity contribution in [1.29, 1.82) is 0 Å². The highest BCUT2D eigenvalue weighted by Crippen LogP contribution is 2.21. The molecule has 0 unspecified atom stereocenters. The molecule has 2 aromatic carbocycles. The van der Waals surface area contributed by atoms with Crippen molar-refractivity contribution in [3.05, 3.63) is 70.9 Å². The second-order valence-corrected chi connectivity index (χ2v) is 6.23. The minimum atomic E-state index is -0.373. The third-order valence-electron chi connectivity index (χ3n) is 3.70. The molecule has 3 aromatic rings. The Morgan fingerprint density at radius 3 is 2.67 bits per heavy atom. The van der Waals surface area contributed by atoms with Crippen LogP contribution in [0.5, 0.6) is 5.75 Å². The number of aromatic amines is 1. The number of aromatic nitrogens is 2. The van der Waals surface area contributed by atoms with Crippen LogP contribution in [-0.2, 0) is 0 Å². The van der Waals surface area contributed by atoms with E-state index >= 15 is 0 Å². The molecule has 0 saturated heterocycles. The fourth-order valence-electron chi connectivity index (χ4n) is 2.30. The third kappa shape index (κ3) is 5.18. The minimum Gasteiger partial charge on any atom is -0.494 e. The molecule has 1 aromatic heterocycles. The van der Waals surface area contributed by atoms with Crippen LogP contribution in [0.4, 0.5) is 0 Å². The highest BCUT2D eigenvalue weighted by Gasteiger charge is 2.10. The molecule has 0 bridgehead atoms. The van der Waals surface area contributed by atoms with Gasteiger partial charge in [0.1, 0.15) is 11.4 Å². The summed E-state index contributed by atoms with van der Waals surface area (Å²) < 4.78 is 5.56. The average molecular weight is 383 g/mol. The lowest BCUT2D eigenvalue weighted by atomic mass is 10.1. The Balaban J connectivity index is 1.61. The second-order valence-electron chi connectivity index (χ2n) is 5.79. The summed E-state index contributed by atoms with van der Waals surface area (Å²) in [6.07, 6.45) is 2.50. The molecule has 0 radical (unpaired) electrons. The number of hydrogen-bond acceptors (Lipinski definition) is 4. The van der Waals surface area contributed by atoms with Gasteiger partial charge in [-0.25, -0.2) is 5.43 Å². The molecular weight excluding hydrogens is 364 g/mol. The molecule has 0 aliphatic heterocycles. The molecule has 0 saturated carbocycles. The molecule has 138 valence electrons. The zero-order valence-electron chi connectivity index (χ0n) is 14.8. The molecule has 0 spiro atoms. The lowest BCUT2D eigenvalue weighted by molar-refractivity contribution is 0.0950. The zero-order chi connectivity index (χ0) is 19.1. The van der Waals surface area contributed by atoms with Gasteiger partial charge in [-0.1, -0.05) is 30.7 Å². The smallest absolute Gasteiger partial charge is 0.289 e. The van der Waals surface area contributed by atoms with Crippen LogP contribution >= 0.6 is 11.6 Å². The van der Waals surface area contributed by atoms with Crippen molar-refractivity contribution in [2.24, 2.45) is 5.10 Å². The van der Waals surface area contributed by atoms with Gasteiger partial charge < -0.3 is 4.74 Å². The fourth-order valence-corrected chi connectivity index (χ4v) is 2.43. The van der Waals surface area contributed by atoms with Crippen molar-refractivity contribution >= 4 is 23.7 Å². The molecule has 7 heteroatoms. The Labute approximate surface area is 162 Å². The van der Waals surface area contributed by atoms with E-state index in [2.05, 4.69) is 27.6 Å². The van der Waals surface area contributed by atoms with E-state index in [-0.39, 0.29) is 5.91 Å². The SMILES string of the molecule is CCCOc1ccc(-c2cc(C(=O)N/N=C\c3ccc(Cl)cc3)[nH]n2)cc1. The quantitative estimate of drug-likeness (QED) is 0.472. The van der Waals surface area contributed by atoms with Crippen LogP contribution in [-0.4, -0.2) is 28.9 Å². The molecule has 0 aliphatic rings. The van der Waals surface area contributed by atoms with E-state index in [1.807, 2.05) is 24.3 Å². The van der Waals surface area contributed by atoms with E-state index in [1.165, 1.54) is 0 Å². The van der Waals surface area contributed by atoms with Gasteiger partial charge in [0, 0.05) is 10.6 Å². The summed E-state index contributed by atoms with van der Waals surface area (Å²) in [5.74, 6) is 0.438. The molecule has 1 heterocycles. The van der Waals surface area contributed by atoms with E-state index in [0.717, 1.165) is 23.3 Å². The molecule has 0 fully saturated rings. The first-order valence-electron chi connectivity index (χ1n) is 8.53. The fraction of sp³-hybridized carbons (Fsp3) is 0.150. The van der Waals surface area contributed by atoms with Crippen molar-refractivity contribution in [1.82, 2.24) is 15.6 Å². The summed E-state index contributed by atoms with van der Waals surface area (Å²) in [4.78, 5) is 12.2.